The van der Waals surface area contributed by atoms with Crippen LogP contribution in [0.1, 0.15) is 0 Å². The quantitative estimate of drug-likeness (QED) is 0.368. The van der Waals surface area contributed by atoms with E-state index in [1.807, 2.05) is 71.3 Å². The second-order valence-corrected chi connectivity index (χ2v) is 7.57. The molecule has 3 aromatic carbocycles. The van der Waals surface area contributed by atoms with E-state index in [0.717, 1.165) is 33.2 Å². The van der Waals surface area contributed by atoms with E-state index in [9.17, 15) is 4.79 Å². The third-order valence-electron chi connectivity index (χ3n) is 5.35. The number of rotatable bonds is 4. The molecule has 0 N–H and O–H groups in total. The van der Waals surface area contributed by atoms with Crippen molar-refractivity contribution in [2.24, 2.45) is 0 Å². The first kappa shape index (κ1) is 18.7. The summed E-state index contributed by atoms with van der Waals surface area (Å²) in [5, 5.41) is 2.57. The summed E-state index contributed by atoms with van der Waals surface area (Å²) in [5.74, 6) is 0. The van der Waals surface area contributed by atoms with Gasteiger partial charge in [-0.2, -0.15) is 0 Å². The summed E-state index contributed by atoms with van der Waals surface area (Å²) in [4.78, 5) is 13.9. The van der Waals surface area contributed by atoms with Crippen molar-refractivity contribution in [2.45, 2.75) is 6.73 Å². The third-order valence-corrected chi connectivity index (χ3v) is 5.60. The van der Waals surface area contributed by atoms with Gasteiger partial charge in [0.25, 0.3) is 5.56 Å². The first-order chi connectivity index (χ1) is 14.7. The molecule has 0 radical (unpaired) electrons. The van der Waals surface area contributed by atoms with E-state index < -0.39 is 0 Å². The van der Waals surface area contributed by atoms with Gasteiger partial charge in [-0.05, 0) is 42.0 Å². The van der Waals surface area contributed by atoms with Crippen molar-refractivity contribution in [1.82, 2.24) is 9.13 Å². The van der Waals surface area contributed by atoms with Crippen LogP contribution in [0.25, 0.3) is 38.8 Å². The minimum Gasteiger partial charge on any atom is -0.364 e. The number of hydrogen-bond donors (Lipinski definition) is 0. The van der Waals surface area contributed by atoms with E-state index in [1.54, 1.807) is 23.8 Å². The van der Waals surface area contributed by atoms with E-state index in [4.69, 9.17) is 16.3 Å². The summed E-state index contributed by atoms with van der Waals surface area (Å²) < 4.78 is 9.12. The zero-order valence-corrected chi connectivity index (χ0v) is 17.1. The van der Waals surface area contributed by atoms with Crippen molar-refractivity contribution in [3.63, 3.8) is 0 Å². The highest BCUT2D eigenvalue weighted by Gasteiger charge is 2.19. The molecule has 5 rings (SSSR count). The minimum atomic E-state index is -0.0954. The predicted molar refractivity (Wildman–Crippen MR) is 122 cm³/mol. The summed E-state index contributed by atoms with van der Waals surface area (Å²) in [6.45, 7) is 0.296. The average molecular weight is 415 g/mol. The Hall–Kier alpha value is -3.34. The molecular formula is C25H19ClN2O2. The maximum atomic E-state index is 13.9. The Bertz CT molecular complexity index is 1420. The molecule has 0 aliphatic heterocycles. The number of methoxy groups -OCH3 is 1. The van der Waals surface area contributed by atoms with Crippen molar-refractivity contribution in [3.05, 3.63) is 100 Å². The van der Waals surface area contributed by atoms with Crippen molar-refractivity contribution in [1.29, 1.82) is 0 Å². The largest absolute Gasteiger partial charge is 0.364 e. The number of hydrogen-bond acceptors (Lipinski definition) is 2. The van der Waals surface area contributed by atoms with Crippen LogP contribution in [-0.4, -0.2) is 16.2 Å². The van der Waals surface area contributed by atoms with Gasteiger partial charge in [-0.3, -0.25) is 9.36 Å². The van der Waals surface area contributed by atoms with Crippen molar-refractivity contribution < 1.29 is 4.74 Å². The molecule has 0 aliphatic rings. The summed E-state index contributed by atoms with van der Waals surface area (Å²) in [7, 11) is 1.64. The lowest BCUT2D eigenvalue weighted by molar-refractivity contribution is 0.138. The summed E-state index contributed by atoms with van der Waals surface area (Å²) >= 11 is 6.10. The molecule has 0 amide bonds. The Morgan fingerprint density at radius 3 is 2.30 bits per heavy atom. The van der Waals surface area contributed by atoms with Gasteiger partial charge in [0.15, 0.2) is 0 Å². The monoisotopic (exact) mass is 414 g/mol. The van der Waals surface area contributed by atoms with Gasteiger partial charge >= 0.3 is 0 Å². The molecule has 0 aliphatic carbocycles. The zero-order chi connectivity index (χ0) is 20.7. The van der Waals surface area contributed by atoms with Crippen LogP contribution in [0.2, 0.25) is 5.02 Å². The molecular weight excluding hydrogens is 396 g/mol. The van der Waals surface area contributed by atoms with Crippen molar-refractivity contribution in [2.75, 3.05) is 7.11 Å². The van der Waals surface area contributed by atoms with Crippen LogP contribution in [0.4, 0.5) is 0 Å². The summed E-state index contributed by atoms with van der Waals surface area (Å²) in [5.41, 5.74) is 4.05. The molecule has 0 unspecified atom stereocenters. The van der Waals surface area contributed by atoms with Gasteiger partial charge in [-0.25, -0.2) is 0 Å². The fraction of sp³-hybridized carbons (Fsp3) is 0.0800. The van der Waals surface area contributed by atoms with E-state index in [-0.39, 0.29) is 5.56 Å². The maximum Gasteiger partial charge on any atom is 0.280 e. The molecule has 0 saturated heterocycles. The first-order valence-electron chi connectivity index (χ1n) is 9.66. The molecule has 4 nitrogen and oxygen atoms in total. The lowest BCUT2D eigenvalue weighted by Crippen LogP contribution is -2.22. The minimum absolute atomic E-state index is 0.0954. The molecule has 2 heterocycles. The normalized spacial score (nSPS) is 11.4. The highest BCUT2D eigenvalue weighted by atomic mass is 35.5. The molecule has 30 heavy (non-hydrogen) atoms. The highest BCUT2D eigenvalue weighted by molar-refractivity contribution is 6.30. The molecule has 5 aromatic rings. The van der Waals surface area contributed by atoms with Crippen LogP contribution in [-0.2, 0) is 11.5 Å². The Morgan fingerprint density at radius 2 is 1.57 bits per heavy atom. The zero-order valence-electron chi connectivity index (χ0n) is 16.4. The lowest BCUT2D eigenvalue weighted by atomic mass is 10.1. The Balaban J connectivity index is 1.97. The van der Waals surface area contributed by atoms with Crippen molar-refractivity contribution in [3.8, 4) is 16.9 Å². The number of ether oxygens (including phenoxy) is 1. The van der Waals surface area contributed by atoms with Gasteiger partial charge in [0.05, 0.1) is 11.2 Å². The number of nitrogens with zero attached hydrogens (tertiary/aromatic N) is 2. The fourth-order valence-electron chi connectivity index (χ4n) is 4.05. The van der Waals surface area contributed by atoms with Crippen LogP contribution >= 0.6 is 11.6 Å². The number of aromatic nitrogens is 2. The van der Waals surface area contributed by atoms with Gasteiger partial charge in [0, 0.05) is 28.6 Å². The second kappa shape index (κ2) is 7.48. The molecule has 0 fully saturated rings. The van der Waals surface area contributed by atoms with Gasteiger partial charge in [-0.1, -0.05) is 60.1 Å². The van der Waals surface area contributed by atoms with Gasteiger partial charge in [0.2, 0.25) is 0 Å². The number of para-hydroxylation sites is 1. The molecule has 0 saturated carbocycles. The predicted octanol–water partition coefficient (Wildman–Crippen LogP) is 5.87. The van der Waals surface area contributed by atoms with Crippen LogP contribution in [0, 0.1) is 0 Å². The molecule has 148 valence electrons. The number of fused-ring (bicyclic) bond motifs is 3. The average Bonchev–Trinajstić information content (AvgIpc) is 3.09. The van der Waals surface area contributed by atoms with Gasteiger partial charge in [-0.15, -0.1) is 0 Å². The molecule has 0 atom stereocenters. The van der Waals surface area contributed by atoms with Crippen LogP contribution in [0.3, 0.4) is 0 Å². The van der Waals surface area contributed by atoms with Crippen LogP contribution in [0.15, 0.2) is 89.7 Å². The summed E-state index contributed by atoms with van der Waals surface area (Å²) in [6.07, 6.45) is 0. The molecule has 0 bridgehead atoms. The standard InChI is InChI=1S/C25H19ClN2O2/c1-30-16-27-22-10-6-5-9-20(22)21-15-23(17-7-3-2-4-8-17)28(25(29)24(21)27)19-13-11-18(26)12-14-19/h2-15H,16H2,1H3. The second-order valence-electron chi connectivity index (χ2n) is 7.14. The number of pyridine rings is 1. The topological polar surface area (TPSA) is 36.2 Å². The van der Waals surface area contributed by atoms with Crippen LogP contribution in [0.5, 0.6) is 0 Å². The SMILES string of the molecule is COCn1c2ccccc2c2cc(-c3ccccc3)n(-c3ccc(Cl)cc3)c(=O)c21. The van der Waals surface area contributed by atoms with Gasteiger partial charge < -0.3 is 9.30 Å². The number of halogens is 1. The van der Waals surface area contributed by atoms with Crippen LogP contribution < -0.4 is 5.56 Å². The maximum absolute atomic E-state index is 13.9. The number of benzene rings is 3. The first-order valence-corrected chi connectivity index (χ1v) is 10.0. The summed E-state index contributed by atoms with van der Waals surface area (Å²) in [6, 6.07) is 27.4. The molecule has 5 heteroatoms. The van der Waals surface area contributed by atoms with E-state index in [2.05, 4.69) is 6.07 Å². The molecule has 2 aromatic heterocycles. The lowest BCUT2D eigenvalue weighted by Gasteiger charge is -2.15. The van der Waals surface area contributed by atoms with Crippen molar-refractivity contribution >= 4 is 33.4 Å². The molecule has 0 spiro atoms. The Labute approximate surface area is 178 Å². The Kier molecular flexibility index (Phi) is 4.66. The third kappa shape index (κ3) is 2.93. The highest BCUT2D eigenvalue weighted by Crippen LogP contribution is 2.32. The van der Waals surface area contributed by atoms with E-state index in [1.165, 1.54) is 0 Å². The van der Waals surface area contributed by atoms with Gasteiger partial charge in [0.1, 0.15) is 12.2 Å². The fourth-order valence-corrected chi connectivity index (χ4v) is 4.18. The van der Waals surface area contributed by atoms with E-state index in [0.29, 0.717) is 17.3 Å². The smallest absolute Gasteiger partial charge is 0.280 e. The Morgan fingerprint density at radius 1 is 0.867 bits per heavy atom. The van der Waals surface area contributed by atoms with E-state index >= 15 is 0 Å².